The Morgan fingerprint density at radius 2 is 1.89 bits per heavy atom. The van der Waals surface area contributed by atoms with E-state index in [0.717, 1.165) is 4.47 Å². The summed E-state index contributed by atoms with van der Waals surface area (Å²) >= 11 is 9.43. The van der Waals surface area contributed by atoms with Gasteiger partial charge in [0.15, 0.2) is 0 Å². The standard InChI is InChI=1S/C20H18BrClN2O4/c1-11-14(9-19(27)23-6-7-25)15-8-18(26)16(22)10-17(15)24(11)20(28)12-2-4-13(21)5-3-12/h2-5,8,10,25-26H,6-7,9H2,1H3,(H,23,27). The van der Waals surface area contributed by atoms with Gasteiger partial charge >= 0.3 is 0 Å². The Bertz CT molecular complexity index is 1060. The minimum absolute atomic E-state index is 0.00399. The van der Waals surface area contributed by atoms with Crippen LogP contribution in [0, 0.1) is 6.92 Å². The number of hydrogen-bond donors (Lipinski definition) is 3. The fourth-order valence-corrected chi connectivity index (χ4v) is 3.54. The molecule has 0 aliphatic rings. The van der Waals surface area contributed by atoms with Gasteiger partial charge < -0.3 is 15.5 Å². The molecule has 3 aromatic rings. The molecule has 0 spiro atoms. The molecule has 146 valence electrons. The Balaban J connectivity index is 2.15. The number of amides is 1. The normalized spacial score (nSPS) is 11.0. The highest BCUT2D eigenvalue weighted by Crippen LogP contribution is 2.35. The molecule has 0 fully saturated rings. The molecule has 8 heteroatoms. The lowest BCUT2D eigenvalue weighted by atomic mass is 10.1. The van der Waals surface area contributed by atoms with Gasteiger partial charge in [0.25, 0.3) is 5.91 Å². The van der Waals surface area contributed by atoms with E-state index < -0.39 is 0 Å². The number of nitrogens with zero attached hydrogens (tertiary/aromatic N) is 1. The zero-order valence-corrected chi connectivity index (χ0v) is 17.3. The third-order valence-corrected chi connectivity index (χ3v) is 5.30. The highest BCUT2D eigenvalue weighted by molar-refractivity contribution is 9.10. The van der Waals surface area contributed by atoms with E-state index in [0.29, 0.717) is 27.7 Å². The van der Waals surface area contributed by atoms with Crippen LogP contribution in [-0.4, -0.2) is 39.7 Å². The van der Waals surface area contributed by atoms with Crippen LogP contribution in [0.2, 0.25) is 5.02 Å². The predicted molar refractivity (Wildman–Crippen MR) is 111 cm³/mol. The topological polar surface area (TPSA) is 91.6 Å². The zero-order valence-electron chi connectivity index (χ0n) is 15.0. The summed E-state index contributed by atoms with van der Waals surface area (Å²) < 4.78 is 2.35. The lowest BCUT2D eigenvalue weighted by molar-refractivity contribution is -0.120. The Kier molecular flexibility index (Phi) is 6.07. The Morgan fingerprint density at radius 3 is 2.54 bits per heavy atom. The van der Waals surface area contributed by atoms with Gasteiger partial charge in [-0.25, -0.2) is 0 Å². The number of benzene rings is 2. The molecule has 3 N–H and O–H groups in total. The van der Waals surface area contributed by atoms with Crippen LogP contribution in [0.3, 0.4) is 0 Å². The lowest BCUT2D eigenvalue weighted by Gasteiger charge is -2.08. The molecule has 3 rings (SSSR count). The highest BCUT2D eigenvalue weighted by Gasteiger charge is 2.22. The van der Waals surface area contributed by atoms with Crippen LogP contribution in [-0.2, 0) is 11.2 Å². The summed E-state index contributed by atoms with van der Waals surface area (Å²) in [4.78, 5) is 25.4. The number of fused-ring (bicyclic) bond motifs is 1. The second-order valence-electron chi connectivity index (χ2n) is 6.28. The maximum Gasteiger partial charge on any atom is 0.262 e. The molecule has 0 aliphatic carbocycles. The second kappa shape index (κ2) is 8.34. The molecule has 0 atom stereocenters. The van der Waals surface area contributed by atoms with Gasteiger partial charge in [-0.05, 0) is 48.9 Å². The Hall–Kier alpha value is -2.35. The number of hydrogen-bond acceptors (Lipinski definition) is 4. The number of aliphatic hydroxyl groups excluding tert-OH is 1. The molecule has 1 aromatic heterocycles. The fraction of sp³-hybridized carbons (Fsp3) is 0.200. The van der Waals surface area contributed by atoms with E-state index in [1.807, 2.05) is 0 Å². The van der Waals surface area contributed by atoms with Crippen LogP contribution in [0.25, 0.3) is 10.9 Å². The van der Waals surface area contributed by atoms with E-state index in [4.69, 9.17) is 16.7 Å². The number of halogens is 2. The van der Waals surface area contributed by atoms with Gasteiger partial charge in [-0.15, -0.1) is 0 Å². The number of carbonyl (C=O) groups excluding carboxylic acids is 2. The summed E-state index contributed by atoms with van der Waals surface area (Å²) in [6.07, 6.45) is 0.00399. The quantitative estimate of drug-likeness (QED) is 0.538. The number of phenolic OH excluding ortho intramolecular Hbond substituents is 1. The number of phenols is 1. The Morgan fingerprint density at radius 1 is 1.21 bits per heavy atom. The molecule has 1 heterocycles. The molecule has 0 saturated carbocycles. The van der Waals surface area contributed by atoms with Crippen LogP contribution in [0.4, 0.5) is 0 Å². The van der Waals surface area contributed by atoms with Gasteiger partial charge in [-0.1, -0.05) is 27.5 Å². The summed E-state index contributed by atoms with van der Waals surface area (Å²) in [6, 6.07) is 9.93. The van der Waals surface area contributed by atoms with Crippen molar-refractivity contribution >= 4 is 50.2 Å². The van der Waals surface area contributed by atoms with Crippen LogP contribution in [0.1, 0.15) is 21.6 Å². The van der Waals surface area contributed by atoms with Crippen molar-refractivity contribution in [1.29, 1.82) is 0 Å². The van der Waals surface area contributed by atoms with Crippen LogP contribution in [0.15, 0.2) is 40.9 Å². The van der Waals surface area contributed by atoms with Crippen molar-refractivity contribution in [3.8, 4) is 5.75 Å². The van der Waals surface area contributed by atoms with Crippen LogP contribution < -0.4 is 5.32 Å². The summed E-state index contributed by atoms with van der Waals surface area (Å²) in [6.45, 7) is 1.73. The van der Waals surface area contributed by atoms with Crippen LogP contribution >= 0.6 is 27.5 Å². The molecule has 0 bridgehead atoms. The van der Waals surface area contributed by atoms with Crippen molar-refractivity contribution in [2.24, 2.45) is 0 Å². The Labute approximate surface area is 174 Å². The molecule has 2 aromatic carbocycles. The van der Waals surface area contributed by atoms with Crippen molar-refractivity contribution in [3.63, 3.8) is 0 Å². The number of aliphatic hydroxyl groups is 1. The predicted octanol–water partition coefficient (Wildman–Crippen LogP) is 3.41. The van der Waals surface area contributed by atoms with Crippen LogP contribution in [0.5, 0.6) is 5.75 Å². The summed E-state index contributed by atoms with van der Waals surface area (Å²) in [5, 5.41) is 22.2. The molecule has 0 aliphatic heterocycles. The zero-order chi connectivity index (χ0) is 20.4. The average Bonchev–Trinajstić information content (AvgIpc) is 2.91. The van der Waals surface area contributed by atoms with Gasteiger partial charge in [0.2, 0.25) is 5.91 Å². The third kappa shape index (κ3) is 3.92. The second-order valence-corrected chi connectivity index (χ2v) is 7.61. The first kappa shape index (κ1) is 20.4. The van der Waals surface area contributed by atoms with E-state index in [1.165, 1.54) is 16.7 Å². The van der Waals surface area contributed by atoms with Crippen molar-refractivity contribution < 1.29 is 19.8 Å². The number of rotatable bonds is 5. The fourth-order valence-electron chi connectivity index (χ4n) is 3.11. The molecular formula is C20H18BrClN2O4. The number of nitrogens with one attached hydrogen (secondary N) is 1. The maximum absolute atomic E-state index is 13.2. The first-order chi connectivity index (χ1) is 13.3. The van der Waals surface area contributed by atoms with Gasteiger partial charge in [0, 0.05) is 27.7 Å². The maximum atomic E-state index is 13.2. The number of carbonyl (C=O) groups is 2. The van der Waals surface area contributed by atoms with E-state index in [1.54, 1.807) is 31.2 Å². The summed E-state index contributed by atoms with van der Waals surface area (Å²) in [7, 11) is 0. The van der Waals surface area contributed by atoms with E-state index in [2.05, 4.69) is 21.2 Å². The number of aromatic nitrogens is 1. The van der Waals surface area contributed by atoms with E-state index >= 15 is 0 Å². The molecule has 0 radical (unpaired) electrons. The van der Waals surface area contributed by atoms with Gasteiger partial charge in [-0.2, -0.15) is 0 Å². The minimum Gasteiger partial charge on any atom is -0.506 e. The van der Waals surface area contributed by atoms with Gasteiger partial charge in [-0.3, -0.25) is 14.2 Å². The largest absolute Gasteiger partial charge is 0.506 e. The highest BCUT2D eigenvalue weighted by atomic mass is 79.9. The molecular weight excluding hydrogens is 448 g/mol. The molecule has 1 amide bonds. The summed E-state index contributed by atoms with van der Waals surface area (Å²) in [5.74, 6) is -0.681. The van der Waals surface area contributed by atoms with Crippen molar-refractivity contribution in [1.82, 2.24) is 9.88 Å². The SMILES string of the molecule is Cc1c(CC(=O)NCCO)c2cc(O)c(Cl)cc2n1C(=O)c1ccc(Br)cc1. The lowest BCUT2D eigenvalue weighted by Crippen LogP contribution is -2.28. The van der Waals surface area contributed by atoms with Crippen molar-refractivity contribution in [2.45, 2.75) is 13.3 Å². The monoisotopic (exact) mass is 464 g/mol. The average molecular weight is 466 g/mol. The van der Waals surface area contributed by atoms with Gasteiger partial charge in [0.1, 0.15) is 5.75 Å². The smallest absolute Gasteiger partial charge is 0.262 e. The molecule has 0 unspecified atom stereocenters. The van der Waals surface area contributed by atoms with Crippen molar-refractivity contribution in [2.75, 3.05) is 13.2 Å². The van der Waals surface area contributed by atoms with Crippen molar-refractivity contribution in [3.05, 3.63) is 62.7 Å². The molecule has 0 saturated heterocycles. The number of aromatic hydroxyl groups is 1. The first-order valence-corrected chi connectivity index (χ1v) is 9.70. The minimum atomic E-state index is -0.290. The van der Waals surface area contributed by atoms with E-state index in [-0.39, 0.29) is 42.2 Å². The third-order valence-electron chi connectivity index (χ3n) is 4.47. The first-order valence-electron chi connectivity index (χ1n) is 8.53. The summed E-state index contributed by atoms with van der Waals surface area (Å²) in [5.41, 5.74) is 2.19. The molecule has 6 nitrogen and oxygen atoms in total. The van der Waals surface area contributed by atoms with E-state index in [9.17, 15) is 14.7 Å². The molecule has 28 heavy (non-hydrogen) atoms. The van der Waals surface area contributed by atoms with Gasteiger partial charge in [0.05, 0.1) is 23.6 Å².